The van der Waals surface area contributed by atoms with Gasteiger partial charge in [-0.2, -0.15) is 0 Å². The van der Waals surface area contributed by atoms with Gasteiger partial charge in [-0.25, -0.2) is 0 Å². The molecule has 1 aromatic rings. The summed E-state index contributed by atoms with van der Waals surface area (Å²) in [6, 6.07) is 8.77. The van der Waals surface area contributed by atoms with Gasteiger partial charge in [-0.15, -0.1) is 0 Å². The lowest BCUT2D eigenvalue weighted by atomic mass is 9.83. The molecule has 0 amide bonds. The summed E-state index contributed by atoms with van der Waals surface area (Å²) in [5.74, 6) is 1.03. The van der Waals surface area contributed by atoms with Gasteiger partial charge >= 0.3 is 0 Å². The topological polar surface area (TPSA) is 30.5 Å². The highest BCUT2D eigenvalue weighted by molar-refractivity contribution is 5.39. The van der Waals surface area contributed by atoms with E-state index < -0.39 is 0 Å². The summed E-state index contributed by atoms with van der Waals surface area (Å²) in [5.41, 5.74) is 1.18. The summed E-state index contributed by atoms with van der Waals surface area (Å²) in [7, 11) is 0. The van der Waals surface area contributed by atoms with E-state index in [0.717, 1.165) is 44.8 Å². The predicted molar refractivity (Wildman–Crippen MR) is 70.9 cm³/mol. The van der Waals surface area contributed by atoms with Crippen LogP contribution < -0.4 is 10.1 Å². The minimum atomic E-state index is -0.112. The molecule has 1 saturated heterocycles. The largest absolute Gasteiger partial charge is 0.484 e. The van der Waals surface area contributed by atoms with Gasteiger partial charge in [0.1, 0.15) is 11.4 Å². The molecule has 0 aromatic heterocycles. The highest BCUT2D eigenvalue weighted by atomic mass is 16.5. The molecule has 1 fully saturated rings. The van der Waals surface area contributed by atoms with Crippen LogP contribution in [0.3, 0.4) is 0 Å². The first-order chi connectivity index (χ1) is 8.83. The zero-order valence-corrected chi connectivity index (χ0v) is 10.9. The van der Waals surface area contributed by atoms with Crippen molar-refractivity contribution in [2.24, 2.45) is 0 Å². The highest BCUT2D eigenvalue weighted by Gasteiger charge is 2.42. The van der Waals surface area contributed by atoms with E-state index in [1.807, 2.05) is 6.07 Å². The number of para-hydroxylation sites is 1. The Morgan fingerprint density at radius 1 is 1.39 bits per heavy atom. The Morgan fingerprint density at radius 3 is 3.06 bits per heavy atom. The van der Waals surface area contributed by atoms with Crippen molar-refractivity contribution in [3.05, 3.63) is 29.8 Å². The quantitative estimate of drug-likeness (QED) is 0.871. The van der Waals surface area contributed by atoms with Crippen molar-refractivity contribution in [1.29, 1.82) is 0 Å². The van der Waals surface area contributed by atoms with E-state index in [-0.39, 0.29) is 5.60 Å². The molecule has 98 valence electrons. The minimum Gasteiger partial charge on any atom is -0.484 e. The Labute approximate surface area is 108 Å². The maximum absolute atomic E-state index is 6.27. The van der Waals surface area contributed by atoms with E-state index in [4.69, 9.17) is 9.47 Å². The van der Waals surface area contributed by atoms with Crippen LogP contribution in [0.25, 0.3) is 0 Å². The number of fused-ring (bicyclic) bond motifs is 1. The Kier molecular flexibility index (Phi) is 3.27. The lowest BCUT2D eigenvalue weighted by molar-refractivity contribution is -0.0854. The fourth-order valence-electron chi connectivity index (χ4n) is 3.11. The third kappa shape index (κ3) is 2.13. The van der Waals surface area contributed by atoms with Crippen LogP contribution in [-0.2, 0) is 4.74 Å². The molecule has 3 heteroatoms. The van der Waals surface area contributed by atoms with Crippen molar-refractivity contribution < 1.29 is 9.47 Å². The molecule has 1 N–H and O–H groups in total. The van der Waals surface area contributed by atoms with E-state index in [0.29, 0.717) is 6.04 Å². The Bertz CT molecular complexity index is 413. The van der Waals surface area contributed by atoms with E-state index >= 15 is 0 Å². The third-order valence-corrected chi connectivity index (χ3v) is 3.93. The Balaban J connectivity index is 1.91. The molecule has 1 spiro atoms. The standard InChI is InChI=1S/C15H21NO2/c1-2-16-13-10-15(8-5-9-17-11-15)18-14-7-4-3-6-12(13)14/h3-4,6-7,13,16H,2,5,8-11H2,1H3. The normalized spacial score (nSPS) is 30.8. The van der Waals surface area contributed by atoms with Crippen LogP contribution in [0, 0.1) is 0 Å². The summed E-state index contributed by atoms with van der Waals surface area (Å²) in [5, 5.41) is 3.58. The summed E-state index contributed by atoms with van der Waals surface area (Å²) in [6.45, 7) is 4.74. The van der Waals surface area contributed by atoms with Gasteiger partial charge in [0.25, 0.3) is 0 Å². The lowest BCUT2D eigenvalue weighted by Crippen LogP contribution is -2.49. The molecule has 0 saturated carbocycles. The van der Waals surface area contributed by atoms with Crippen molar-refractivity contribution in [3.8, 4) is 5.75 Å². The number of rotatable bonds is 2. The molecule has 3 rings (SSSR count). The third-order valence-electron chi connectivity index (χ3n) is 3.93. The molecule has 2 aliphatic rings. The van der Waals surface area contributed by atoms with Gasteiger partial charge in [0, 0.05) is 24.6 Å². The summed E-state index contributed by atoms with van der Waals surface area (Å²) >= 11 is 0. The van der Waals surface area contributed by atoms with E-state index in [2.05, 4.69) is 30.4 Å². The molecule has 2 aliphatic heterocycles. The van der Waals surface area contributed by atoms with Crippen LogP contribution in [0.15, 0.2) is 24.3 Å². The molecule has 0 bridgehead atoms. The first-order valence-electron chi connectivity index (χ1n) is 6.92. The number of benzene rings is 1. The van der Waals surface area contributed by atoms with Gasteiger partial charge in [-0.1, -0.05) is 25.1 Å². The highest BCUT2D eigenvalue weighted by Crippen LogP contribution is 2.42. The van der Waals surface area contributed by atoms with Crippen LogP contribution in [0.5, 0.6) is 5.75 Å². The monoisotopic (exact) mass is 247 g/mol. The molecule has 0 aliphatic carbocycles. The molecule has 3 nitrogen and oxygen atoms in total. The lowest BCUT2D eigenvalue weighted by Gasteiger charge is -2.44. The number of hydrogen-bond donors (Lipinski definition) is 1. The molecule has 0 radical (unpaired) electrons. The first-order valence-corrected chi connectivity index (χ1v) is 6.92. The maximum Gasteiger partial charge on any atom is 0.134 e. The van der Waals surface area contributed by atoms with E-state index in [1.165, 1.54) is 5.56 Å². The SMILES string of the molecule is CCNC1CC2(CCCOC2)Oc2ccccc21. The van der Waals surface area contributed by atoms with Crippen molar-refractivity contribution in [2.75, 3.05) is 19.8 Å². The van der Waals surface area contributed by atoms with Crippen LogP contribution in [0.1, 0.15) is 37.8 Å². The predicted octanol–water partition coefficient (Wildman–Crippen LogP) is 2.67. The second-order valence-corrected chi connectivity index (χ2v) is 5.29. The van der Waals surface area contributed by atoms with Gasteiger partial charge in [-0.05, 0) is 25.5 Å². The van der Waals surface area contributed by atoms with Crippen LogP contribution >= 0.6 is 0 Å². The number of ether oxygens (including phenoxy) is 2. The van der Waals surface area contributed by atoms with Crippen LogP contribution in [-0.4, -0.2) is 25.4 Å². The van der Waals surface area contributed by atoms with Gasteiger partial charge in [0.05, 0.1) is 6.61 Å². The van der Waals surface area contributed by atoms with Crippen molar-refractivity contribution in [2.45, 2.75) is 37.8 Å². The summed E-state index contributed by atoms with van der Waals surface area (Å²) in [6.07, 6.45) is 3.21. The summed E-state index contributed by atoms with van der Waals surface area (Å²) in [4.78, 5) is 0. The average molecular weight is 247 g/mol. The van der Waals surface area contributed by atoms with Crippen molar-refractivity contribution >= 4 is 0 Å². The van der Waals surface area contributed by atoms with Crippen molar-refractivity contribution in [3.63, 3.8) is 0 Å². The second kappa shape index (κ2) is 4.90. The Hall–Kier alpha value is -1.06. The first kappa shape index (κ1) is 12.0. The van der Waals surface area contributed by atoms with E-state index in [1.54, 1.807) is 0 Å². The number of nitrogens with one attached hydrogen (secondary N) is 1. The molecule has 2 heterocycles. The smallest absolute Gasteiger partial charge is 0.134 e. The fourth-order valence-corrected chi connectivity index (χ4v) is 3.11. The van der Waals surface area contributed by atoms with Gasteiger partial charge in [-0.3, -0.25) is 0 Å². The zero-order chi connectivity index (χ0) is 12.4. The zero-order valence-electron chi connectivity index (χ0n) is 10.9. The Morgan fingerprint density at radius 2 is 2.28 bits per heavy atom. The molecule has 2 unspecified atom stereocenters. The molecule has 2 atom stereocenters. The fraction of sp³-hybridized carbons (Fsp3) is 0.600. The summed E-state index contributed by atoms with van der Waals surface area (Å²) < 4.78 is 11.9. The van der Waals surface area contributed by atoms with Gasteiger partial charge in [0.15, 0.2) is 0 Å². The minimum absolute atomic E-state index is 0.112. The molecular weight excluding hydrogens is 226 g/mol. The second-order valence-electron chi connectivity index (χ2n) is 5.29. The average Bonchev–Trinajstić information content (AvgIpc) is 2.40. The molecular formula is C15H21NO2. The maximum atomic E-state index is 6.27. The molecule has 18 heavy (non-hydrogen) atoms. The molecule has 1 aromatic carbocycles. The van der Waals surface area contributed by atoms with Crippen molar-refractivity contribution in [1.82, 2.24) is 5.32 Å². The van der Waals surface area contributed by atoms with E-state index in [9.17, 15) is 0 Å². The van der Waals surface area contributed by atoms with Gasteiger partial charge in [0.2, 0.25) is 0 Å². The number of hydrogen-bond acceptors (Lipinski definition) is 3. The van der Waals surface area contributed by atoms with Crippen LogP contribution in [0.2, 0.25) is 0 Å². The van der Waals surface area contributed by atoms with Crippen LogP contribution in [0.4, 0.5) is 0 Å². The van der Waals surface area contributed by atoms with Gasteiger partial charge < -0.3 is 14.8 Å².